The number of pyridine rings is 1. The van der Waals surface area contributed by atoms with E-state index >= 15 is 0 Å². The summed E-state index contributed by atoms with van der Waals surface area (Å²) in [7, 11) is 0. The lowest BCUT2D eigenvalue weighted by Crippen LogP contribution is -2.01. The van der Waals surface area contributed by atoms with Crippen molar-refractivity contribution in [2.24, 2.45) is 0 Å². The lowest BCUT2D eigenvalue weighted by Gasteiger charge is -2.04. The van der Waals surface area contributed by atoms with Crippen molar-refractivity contribution in [2.45, 2.75) is 6.54 Å². The van der Waals surface area contributed by atoms with E-state index < -0.39 is 0 Å². The smallest absolute Gasteiger partial charge is 0.231 e. The van der Waals surface area contributed by atoms with Crippen LogP contribution in [0.1, 0.15) is 5.56 Å². The quantitative estimate of drug-likeness (QED) is 0.702. The van der Waals surface area contributed by atoms with E-state index in [4.69, 9.17) is 9.47 Å². The van der Waals surface area contributed by atoms with Crippen LogP contribution in [0.4, 0.5) is 0 Å². The fourth-order valence-electron chi connectivity index (χ4n) is 2.26. The molecule has 1 aliphatic rings. The van der Waals surface area contributed by atoms with E-state index in [0.29, 0.717) is 13.3 Å². The molecule has 0 N–H and O–H groups in total. The summed E-state index contributed by atoms with van der Waals surface area (Å²) < 4.78 is 12.7. The van der Waals surface area contributed by atoms with Crippen molar-refractivity contribution in [2.75, 3.05) is 6.79 Å². The number of aromatic nitrogens is 3. The second-order valence-electron chi connectivity index (χ2n) is 4.42. The maximum absolute atomic E-state index is 5.41. The maximum atomic E-state index is 5.41. The highest BCUT2D eigenvalue weighted by molar-refractivity contribution is 5.83. The van der Waals surface area contributed by atoms with Gasteiger partial charge in [-0.15, -0.1) is 0 Å². The summed E-state index contributed by atoms with van der Waals surface area (Å²) in [4.78, 5) is 4.02. The van der Waals surface area contributed by atoms with Crippen LogP contribution in [0.3, 0.4) is 0 Å². The fourth-order valence-corrected chi connectivity index (χ4v) is 2.26. The Labute approximate surface area is 109 Å². The zero-order valence-corrected chi connectivity index (χ0v) is 10.1. The van der Waals surface area contributed by atoms with Crippen LogP contribution >= 0.6 is 0 Å². The van der Waals surface area contributed by atoms with E-state index in [0.717, 1.165) is 28.0 Å². The van der Waals surface area contributed by atoms with Crippen molar-refractivity contribution in [1.82, 2.24) is 14.8 Å². The van der Waals surface area contributed by atoms with Gasteiger partial charge in [-0.3, -0.25) is 9.67 Å². The van der Waals surface area contributed by atoms with E-state index in [2.05, 4.69) is 10.1 Å². The van der Waals surface area contributed by atoms with E-state index in [1.165, 1.54) is 0 Å². The molecule has 0 amide bonds. The first-order valence-corrected chi connectivity index (χ1v) is 6.04. The maximum Gasteiger partial charge on any atom is 0.231 e. The van der Waals surface area contributed by atoms with Gasteiger partial charge in [0.15, 0.2) is 11.5 Å². The molecule has 0 fully saturated rings. The van der Waals surface area contributed by atoms with Crippen LogP contribution in [0, 0.1) is 0 Å². The van der Waals surface area contributed by atoms with E-state index in [1.807, 2.05) is 35.1 Å². The normalized spacial score (nSPS) is 13.1. The standard InChI is InChI=1S/C14H11N3O2/c1-3-15-4-2-10(1)8-17-12-6-14-13(18-9-19-14)5-11(12)7-16-17/h1-7H,8-9H2. The molecule has 5 heteroatoms. The van der Waals surface area contributed by atoms with Crippen molar-refractivity contribution in [3.8, 4) is 11.5 Å². The SMILES string of the molecule is c1cc(Cn2ncc3cc4c(cc32)OCO4)ccn1. The van der Waals surface area contributed by atoms with Crippen molar-refractivity contribution < 1.29 is 9.47 Å². The van der Waals surface area contributed by atoms with E-state index in [1.54, 1.807) is 12.4 Å². The summed E-state index contributed by atoms with van der Waals surface area (Å²) in [6, 6.07) is 7.92. The highest BCUT2D eigenvalue weighted by atomic mass is 16.7. The van der Waals surface area contributed by atoms with Crippen LogP contribution < -0.4 is 9.47 Å². The van der Waals surface area contributed by atoms with Crippen LogP contribution in [-0.4, -0.2) is 21.6 Å². The average Bonchev–Trinajstić information content (AvgIpc) is 3.05. The lowest BCUT2D eigenvalue weighted by atomic mass is 10.2. The summed E-state index contributed by atoms with van der Waals surface area (Å²) in [5, 5.41) is 5.47. The van der Waals surface area contributed by atoms with Gasteiger partial charge >= 0.3 is 0 Å². The van der Waals surface area contributed by atoms with Gasteiger partial charge in [-0.05, 0) is 23.8 Å². The Hall–Kier alpha value is -2.56. The zero-order chi connectivity index (χ0) is 12.7. The van der Waals surface area contributed by atoms with Crippen LogP contribution in [0.15, 0.2) is 42.9 Å². The molecule has 0 spiro atoms. The van der Waals surface area contributed by atoms with Crippen molar-refractivity contribution in [3.63, 3.8) is 0 Å². The Balaban J connectivity index is 1.79. The molecule has 3 heterocycles. The lowest BCUT2D eigenvalue weighted by molar-refractivity contribution is 0.174. The van der Waals surface area contributed by atoms with Gasteiger partial charge in [-0.25, -0.2) is 0 Å². The molecule has 1 aromatic carbocycles. The van der Waals surface area contributed by atoms with E-state index in [9.17, 15) is 0 Å². The topological polar surface area (TPSA) is 49.2 Å². The molecule has 3 aromatic rings. The van der Waals surface area contributed by atoms with Gasteiger partial charge in [0.1, 0.15) is 0 Å². The molecule has 0 unspecified atom stereocenters. The van der Waals surface area contributed by atoms with Crippen LogP contribution in [0.25, 0.3) is 10.9 Å². The second kappa shape index (κ2) is 3.98. The third-order valence-electron chi connectivity index (χ3n) is 3.22. The molecule has 94 valence electrons. The molecule has 0 saturated heterocycles. The second-order valence-corrected chi connectivity index (χ2v) is 4.42. The number of hydrogen-bond donors (Lipinski definition) is 0. The third-order valence-corrected chi connectivity index (χ3v) is 3.22. The van der Waals surface area contributed by atoms with Crippen molar-refractivity contribution >= 4 is 10.9 Å². The molecule has 1 aliphatic heterocycles. The summed E-state index contributed by atoms with van der Waals surface area (Å²) in [6.45, 7) is 1.01. The molecular formula is C14H11N3O2. The summed E-state index contributed by atoms with van der Waals surface area (Å²) in [6.07, 6.45) is 5.42. The van der Waals surface area contributed by atoms with Crippen molar-refractivity contribution in [1.29, 1.82) is 0 Å². The van der Waals surface area contributed by atoms with E-state index in [-0.39, 0.29) is 0 Å². The Bertz CT molecular complexity index is 737. The minimum Gasteiger partial charge on any atom is -0.454 e. The number of hydrogen-bond acceptors (Lipinski definition) is 4. The molecule has 0 saturated carbocycles. The van der Waals surface area contributed by atoms with Gasteiger partial charge in [0.25, 0.3) is 0 Å². The van der Waals surface area contributed by atoms with Gasteiger partial charge in [0.2, 0.25) is 6.79 Å². The molecular weight excluding hydrogens is 242 g/mol. The average molecular weight is 253 g/mol. The highest BCUT2D eigenvalue weighted by Gasteiger charge is 2.16. The number of ether oxygens (including phenoxy) is 2. The largest absolute Gasteiger partial charge is 0.454 e. The first-order valence-electron chi connectivity index (χ1n) is 6.04. The molecule has 0 radical (unpaired) electrons. The summed E-state index contributed by atoms with van der Waals surface area (Å²) in [5.41, 5.74) is 2.21. The Morgan fingerprint density at radius 2 is 1.89 bits per heavy atom. The summed E-state index contributed by atoms with van der Waals surface area (Å²) >= 11 is 0. The van der Waals surface area contributed by atoms with Crippen molar-refractivity contribution in [3.05, 3.63) is 48.4 Å². The monoisotopic (exact) mass is 253 g/mol. The number of nitrogens with zero attached hydrogens (tertiary/aromatic N) is 3. The predicted octanol–water partition coefficient (Wildman–Crippen LogP) is 2.21. The zero-order valence-electron chi connectivity index (χ0n) is 10.1. The molecule has 0 atom stereocenters. The molecule has 2 aromatic heterocycles. The Kier molecular flexibility index (Phi) is 2.17. The van der Waals surface area contributed by atoms with Crippen LogP contribution in [0.5, 0.6) is 11.5 Å². The van der Waals surface area contributed by atoms with Gasteiger partial charge in [-0.2, -0.15) is 5.10 Å². The Morgan fingerprint density at radius 3 is 2.74 bits per heavy atom. The first-order chi connectivity index (χ1) is 9.40. The van der Waals surface area contributed by atoms with Gasteiger partial charge in [-0.1, -0.05) is 0 Å². The Morgan fingerprint density at radius 1 is 1.11 bits per heavy atom. The van der Waals surface area contributed by atoms with Gasteiger partial charge < -0.3 is 9.47 Å². The number of rotatable bonds is 2. The van der Waals surface area contributed by atoms with Crippen LogP contribution in [0.2, 0.25) is 0 Å². The molecule has 19 heavy (non-hydrogen) atoms. The van der Waals surface area contributed by atoms with Gasteiger partial charge in [0, 0.05) is 23.8 Å². The first kappa shape index (κ1) is 10.4. The summed E-state index contributed by atoms with van der Waals surface area (Å²) in [5.74, 6) is 1.57. The van der Waals surface area contributed by atoms with Gasteiger partial charge in [0.05, 0.1) is 18.3 Å². The molecule has 0 bridgehead atoms. The number of benzene rings is 1. The third kappa shape index (κ3) is 1.71. The minimum atomic E-state index is 0.291. The number of fused-ring (bicyclic) bond motifs is 2. The molecule has 4 rings (SSSR count). The predicted molar refractivity (Wildman–Crippen MR) is 69.2 cm³/mol. The molecule has 5 nitrogen and oxygen atoms in total. The fraction of sp³-hybridized carbons (Fsp3) is 0.143. The minimum absolute atomic E-state index is 0.291. The highest BCUT2D eigenvalue weighted by Crippen LogP contribution is 2.35. The van der Waals surface area contributed by atoms with Crippen LogP contribution in [-0.2, 0) is 6.54 Å². The molecule has 0 aliphatic carbocycles.